The highest BCUT2D eigenvalue weighted by molar-refractivity contribution is 5.49. The van der Waals surface area contributed by atoms with Gasteiger partial charge in [-0.05, 0) is 71.9 Å². The van der Waals surface area contributed by atoms with Gasteiger partial charge in [0.1, 0.15) is 0 Å². The first-order valence-corrected chi connectivity index (χ1v) is 10.0. The molecule has 2 aromatic carbocycles. The molecule has 1 heteroatoms. The minimum Gasteiger partial charge on any atom is -0.359 e. The van der Waals surface area contributed by atoms with Crippen LogP contribution in [0.4, 0.5) is 5.69 Å². The lowest BCUT2D eigenvalue weighted by atomic mass is 9.75. The van der Waals surface area contributed by atoms with E-state index in [4.69, 9.17) is 0 Å². The summed E-state index contributed by atoms with van der Waals surface area (Å²) in [4.78, 5) is 0. The van der Waals surface area contributed by atoms with Crippen molar-refractivity contribution in [3.63, 3.8) is 0 Å². The van der Waals surface area contributed by atoms with E-state index in [9.17, 15) is 0 Å². The molecule has 0 aliphatic carbocycles. The molecule has 0 amide bonds. The first kappa shape index (κ1) is 21.3. The lowest BCUT2D eigenvalue weighted by Gasteiger charge is -2.30. The first-order chi connectivity index (χ1) is 12.4. The van der Waals surface area contributed by atoms with Crippen LogP contribution in [-0.4, -0.2) is 0 Å². The molecule has 2 rings (SSSR count). The van der Waals surface area contributed by atoms with Crippen molar-refractivity contribution in [2.24, 2.45) is 0 Å². The van der Waals surface area contributed by atoms with E-state index in [1.807, 2.05) is 0 Å². The van der Waals surface area contributed by atoms with E-state index in [0.29, 0.717) is 0 Å². The Morgan fingerprint density at radius 1 is 0.852 bits per heavy atom. The van der Waals surface area contributed by atoms with E-state index < -0.39 is 0 Å². The van der Waals surface area contributed by atoms with Crippen LogP contribution in [0.5, 0.6) is 0 Å². The van der Waals surface area contributed by atoms with Crippen LogP contribution in [0.1, 0.15) is 75.8 Å². The van der Waals surface area contributed by atoms with E-state index in [2.05, 4.69) is 104 Å². The molecule has 27 heavy (non-hydrogen) atoms. The Morgan fingerprint density at radius 2 is 1.33 bits per heavy atom. The fourth-order valence-corrected chi connectivity index (χ4v) is 3.68. The van der Waals surface area contributed by atoms with Crippen LogP contribution in [0.15, 0.2) is 48.7 Å². The SMILES string of the molecule is C=C(CCc1cc(C(C)(C)C)c(C)c(C(C)(C)C)c1)Nc1ccc(C)cc1. The Labute approximate surface area is 166 Å². The van der Waals surface area contributed by atoms with Gasteiger partial charge in [-0.15, -0.1) is 0 Å². The predicted octanol–water partition coefficient (Wildman–Crippen LogP) is 7.46. The third-order valence-corrected chi connectivity index (χ3v) is 5.17. The second-order valence-corrected chi connectivity index (χ2v) is 9.91. The Bertz CT molecular complexity index is 761. The highest BCUT2D eigenvalue weighted by atomic mass is 14.9. The number of rotatable bonds is 5. The summed E-state index contributed by atoms with van der Waals surface area (Å²) >= 11 is 0. The molecule has 0 heterocycles. The molecular formula is C26H37N. The minimum absolute atomic E-state index is 0.150. The van der Waals surface area contributed by atoms with Gasteiger partial charge in [0.15, 0.2) is 0 Å². The summed E-state index contributed by atoms with van der Waals surface area (Å²) in [5.74, 6) is 0. The highest BCUT2D eigenvalue weighted by Crippen LogP contribution is 2.35. The molecule has 0 saturated carbocycles. The average molecular weight is 364 g/mol. The third kappa shape index (κ3) is 5.73. The van der Waals surface area contributed by atoms with Gasteiger partial charge in [-0.1, -0.05) is 78.0 Å². The summed E-state index contributed by atoms with van der Waals surface area (Å²) in [6.45, 7) is 22.5. The summed E-state index contributed by atoms with van der Waals surface area (Å²) in [6, 6.07) is 13.3. The van der Waals surface area contributed by atoms with Crippen LogP contribution in [-0.2, 0) is 17.3 Å². The molecule has 0 atom stereocenters. The van der Waals surface area contributed by atoms with E-state index in [1.165, 1.54) is 27.8 Å². The molecule has 1 nitrogen and oxygen atoms in total. The molecule has 1 N–H and O–H groups in total. The minimum atomic E-state index is 0.150. The number of hydrogen-bond acceptors (Lipinski definition) is 1. The lowest BCUT2D eigenvalue weighted by Crippen LogP contribution is -2.20. The van der Waals surface area contributed by atoms with Crippen molar-refractivity contribution in [1.82, 2.24) is 0 Å². The van der Waals surface area contributed by atoms with Gasteiger partial charge >= 0.3 is 0 Å². The van der Waals surface area contributed by atoms with Gasteiger partial charge in [0.25, 0.3) is 0 Å². The zero-order chi connectivity index (χ0) is 20.4. The molecule has 2 aromatic rings. The van der Waals surface area contributed by atoms with Crippen LogP contribution < -0.4 is 5.32 Å². The van der Waals surface area contributed by atoms with Crippen molar-refractivity contribution in [3.05, 3.63) is 76.5 Å². The van der Waals surface area contributed by atoms with Crippen molar-refractivity contribution < 1.29 is 0 Å². The molecule has 0 bridgehead atoms. The van der Waals surface area contributed by atoms with Crippen LogP contribution >= 0.6 is 0 Å². The molecule has 0 radical (unpaired) electrons. The molecule has 0 aliphatic rings. The zero-order valence-electron chi connectivity index (χ0n) is 18.6. The molecule has 0 unspecified atom stereocenters. The molecule has 146 valence electrons. The lowest BCUT2D eigenvalue weighted by molar-refractivity contribution is 0.559. The molecular weight excluding hydrogens is 326 g/mol. The van der Waals surface area contributed by atoms with E-state index in [-0.39, 0.29) is 10.8 Å². The largest absolute Gasteiger partial charge is 0.359 e. The molecule has 0 aromatic heterocycles. The quantitative estimate of drug-likeness (QED) is 0.581. The number of benzene rings is 2. The van der Waals surface area contributed by atoms with Crippen LogP contribution in [0.25, 0.3) is 0 Å². The van der Waals surface area contributed by atoms with Crippen molar-refractivity contribution in [3.8, 4) is 0 Å². The standard InChI is InChI=1S/C26H37N/c1-18-10-14-22(15-11-18)27-19(2)12-13-21-16-23(25(4,5)6)20(3)24(17-21)26(7,8)9/h10-11,14-17,27H,2,12-13H2,1,3-9H3. The van der Waals surface area contributed by atoms with Gasteiger partial charge in [-0.2, -0.15) is 0 Å². The number of aryl methyl sites for hydroxylation is 2. The molecule has 0 aliphatic heterocycles. The maximum Gasteiger partial charge on any atom is 0.0381 e. The maximum absolute atomic E-state index is 4.24. The molecule has 0 saturated heterocycles. The first-order valence-electron chi connectivity index (χ1n) is 10.0. The van der Waals surface area contributed by atoms with Crippen molar-refractivity contribution >= 4 is 5.69 Å². The summed E-state index contributed by atoms with van der Waals surface area (Å²) in [5.41, 5.74) is 9.51. The van der Waals surface area contributed by atoms with E-state index >= 15 is 0 Å². The molecule has 0 spiro atoms. The van der Waals surface area contributed by atoms with Gasteiger partial charge in [0, 0.05) is 11.4 Å². The van der Waals surface area contributed by atoms with Gasteiger partial charge in [0.2, 0.25) is 0 Å². The van der Waals surface area contributed by atoms with Gasteiger partial charge < -0.3 is 5.32 Å². The third-order valence-electron chi connectivity index (χ3n) is 5.17. The topological polar surface area (TPSA) is 12.0 Å². The summed E-state index contributed by atoms with van der Waals surface area (Å²) in [7, 11) is 0. The summed E-state index contributed by atoms with van der Waals surface area (Å²) in [6.07, 6.45) is 1.94. The number of anilines is 1. The van der Waals surface area contributed by atoms with Crippen molar-refractivity contribution in [1.29, 1.82) is 0 Å². The number of nitrogens with one attached hydrogen (secondary N) is 1. The van der Waals surface area contributed by atoms with Crippen molar-refractivity contribution in [2.75, 3.05) is 5.32 Å². The van der Waals surface area contributed by atoms with Gasteiger partial charge in [0.05, 0.1) is 0 Å². The van der Waals surface area contributed by atoms with Crippen LogP contribution in [0.2, 0.25) is 0 Å². The second kappa shape index (κ2) is 7.92. The smallest absolute Gasteiger partial charge is 0.0381 e. The number of hydrogen-bond donors (Lipinski definition) is 1. The highest BCUT2D eigenvalue weighted by Gasteiger charge is 2.24. The fraction of sp³-hybridized carbons (Fsp3) is 0.462. The second-order valence-electron chi connectivity index (χ2n) is 9.91. The Hall–Kier alpha value is -2.02. The zero-order valence-corrected chi connectivity index (χ0v) is 18.6. The summed E-state index contributed by atoms with van der Waals surface area (Å²) < 4.78 is 0. The Kier molecular flexibility index (Phi) is 6.24. The van der Waals surface area contributed by atoms with E-state index in [1.54, 1.807) is 0 Å². The van der Waals surface area contributed by atoms with E-state index in [0.717, 1.165) is 24.2 Å². The van der Waals surface area contributed by atoms with Crippen molar-refractivity contribution in [2.45, 2.75) is 79.1 Å². The average Bonchev–Trinajstić information content (AvgIpc) is 2.54. The Balaban J connectivity index is 2.20. The maximum atomic E-state index is 4.24. The predicted molar refractivity (Wildman–Crippen MR) is 121 cm³/mol. The normalized spacial score (nSPS) is 12.1. The Morgan fingerprint density at radius 3 is 1.78 bits per heavy atom. The molecule has 0 fully saturated rings. The summed E-state index contributed by atoms with van der Waals surface area (Å²) in [5, 5.41) is 3.45. The van der Waals surface area contributed by atoms with Crippen LogP contribution in [0.3, 0.4) is 0 Å². The monoisotopic (exact) mass is 363 g/mol. The fourth-order valence-electron chi connectivity index (χ4n) is 3.68. The van der Waals surface area contributed by atoms with Gasteiger partial charge in [-0.3, -0.25) is 0 Å². The van der Waals surface area contributed by atoms with Gasteiger partial charge in [-0.25, -0.2) is 0 Å². The number of allylic oxidation sites excluding steroid dienone is 1. The van der Waals surface area contributed by atoms with Crippen LogP contribution in [0, 0.1) is 13.8 Å².